The van der Waals surface area contributed by atoms with Gasteiger partial charge >= 0.3 is 0 Å². The number of para-hydroxylation sites is 2. The Bertz CT molecular complexity index is 3020. The number of nitrogens with one attached hydrogen (secondary N) is 1. The van der Waals surface area contributed by atoms with Gasteiger partial charge in [-0.05, 0) is 111 Å². The summed E-state index contributed by atoms with van der Waals surface area (Å²) in [6.07, 6.45) is 1.77. The molecule has 6 nitrogen and oxygen atoms in total. The normalized spacial score (nSPS) is 15.5. The van der Waals surface area contributed by atoms with Crippen molar-refractivity contribution in [3.63, 3.8) is 0 Å². The van der Waals surface area contributed by atoms with E-state index in [-0.39, 0.29) is 12.2 Å². The lowest BCUT2D eigenvalue weighted by Crippen LogP contribution is -2.30. The van der Waals surface area contributed by atoms with Gasteiger partial charge in [-0.2, -0.15) is 5.26 Å². The average molecular weight is 801 g/mol. The second kappa shape index (κ2) is 16.6. The highest BCUT2D eigenvalue weighted by Gasteiger charge is 2.29. The number of aliphatic imine (C=N–C) groups is 2. The molecular weight excluding hydrogens is 757 g/mol. The van der Waals surface area contributed by atoms with Gasteiger partial charge < -0.3 is 16.0 Å². The van der Waals surface area contributed by atoms with Gasteiger partial charge in [-0.15, -0.1) is 0 Å². The highest BCUT2D eigenvalue weighted by atomic mass is 15.3. The fraction of sp³-hybridized carbons (Fsp3) is 0.0893. The Morgan fingerprint density at radius 2 is 1.18 bits per heavy atom. The Kier molecular flexibility index (Phi) is 10.2. The van der Waals surface area contributed by atoms with Crippen LogP contribution in [0.3, 0.4) is 0 Å². The van der Waals surface area contributed by atoms with Gasteiger partial charge in [0.15, 0.2) is 5.84 Å². The van der Waals surface area contributed by atoms with E-state index in [1.807, 2.05) is 36.4 Å². The fourth-order valence-corrected chi connectivity index (χ4v) is 8.70. The molecule has 0 spiro atoms. The zero-order valence-electron chi connectivity index (χ0n) is 34.4. The Balaban J connectivity index is 0.891. The van der Waals surface area contributed by atoms with Crippen molar-refractivity contribution >= 4 is 34.3 Å². The number of nitrogens with two attached hydrogens (primary N) is 1. The minimum atomic E-state index is -0.0819. The molecule has 2 aliphatic rings. The lowest BCUT2D eigenvalue weighted by atomic mass is 9.93. The van der Waals surface area contributed by atoms with Crippen LogP contribution in [0.25, 0.3) is 44.5 Å². The third kappa shape index (κ3) is 7.53. The number of hydrogen-bond acceptors (Lipinski definition) is 6. The molecular formula is C56H44N6. The number of nitrogens with zero attached hydrogens (tertiary/aromatic N) is 4. The number of benzene rings is 8. The molecule has 0 fully saturated rings. The van der Waals surface area contributed by atoms with Crippen molar-refractivity contribution in [3.8, 4) is 50.6 Å². The molecule has 0 saturated carbocycles. The minimum Gasteiger partial charge on any atom is -0.399 e. The van der Waals surface area contributed by atoms with Crippen molar-refractivity contribution in [3.05, 3.63) is 216 Å². The number of anilines is 4. The number of fused-ring (bicyclic) bond motifs is 1. The van der Waals surface area contributed by atoms with Gasteiger partial charge in [0.2, 0.25) is 0 Å². The molecule has 3 N–H and O–H groups in total. The van der Waals surface area contributed by atoms with Crippen LogP contribution in [0.4, 0.5) is 22.7 Å². The summed E-state index contributed by atoms with van der Waals surface area (Å²) in [7, 11) is 0. The van der Waals surface area contributed by atoms with Crippen LogP contribution in [0.1, 0.15) is 48.1 Å². The van der Waals surface area contributed by atoms with Gasteiger partial charge in [-0.25, -0.2) is 4.99 Å². The maximum atomic E-state index is 10.4. The van der Waals surface area contributed by atoms with E-state index >= 15 is 0 Å². The monoisotopic (exact) mass is 800 g/mol. The van der Waals surface area contributed by atoms with Crippen LogP contribution in [0.5, 0.6) is 0 Å². The number of nitrogen functional groups attached to an aromatic ring is 1. The van der Waals surface area contributed by atoms with Crippen LogP contribution < -0.4 is 16.0 Å². The minimum absolute atomic E-state index is 0.0819. The molecule has 0 saturated heterocycles. The van der Waals surface area contributed by atoms with E-state index in [2.05, 4.69) is 181 Å². The molecule has 0 aromatic heterocycles. The van der Waals surface area contributed by atoms with E-state index in [1.165, 1.54) is 0 Å². The first kappa shape index (κ1) is 38.2. The summed E-state index contributed by atoms with van der Waals surface area (Å²) in [5.74, 6) is 0.734. The highest BCUT2D eigenvalue weighted by Crippen LogP contribution is 2.42. The molecule has 0 radical (unpaired) electrons. The summed E-state index contributed by atoms with van der Waals surface area (Å²) in [5.41, 5.74) is 23.5. The molecule has 0 amide bonds. The zero-order valence-corrected chi connectivity index (χ0v) is 34.4. The van der Waals surface area contributed by atoms with Crippen molar-refractivity contribution in [2.75, 3.05) is 16.0 Å². The standard InChI is InChI=1S/C56H44N6/c1-2-55-59-51-16-6-7-17-54(51)62(55)49-30-31-50(47(34-49)36-57)45-14-8-12-43(32-45)39-20-18-37(19-21-39)38-22-24-42(25-23-38)53-35-52(41-10-4-3-5-11-41)60-56(61-53)46-15-9-13-44(33-46)40-26-28-48(58)29-27-40/h3-34,53,55,59H,2,35,58H2,1H3. The quantitative estimate of drug-likeness (QED) is 0.142. The lowest BCUT2D eigenvalue weighted by molar-refractivity contribution is 0.728. The third-order valence-electron chi connectivity index (χ3n) is 12.0. The molecule has 0 bridgehead atoms. The Labute approximate surface area is 363 Å². The Morgan fingerprint density at radius 3 is 1.87 bits per heavy atom. The van der Waals surface area contributed by atoms with Crippen molar-refractivity contribution in [1.29, 1.82) is 5.26 Å². The van der Waals surface area contributed by atoms with E-state index in [0.29, 0.717) is 12.0 Å². The van der Waals surface area contributed by atoms with Crippen LogP contribution in [-0.2, 0) is 0 Å². The summed E-state index contributed by atoms with van der Waals surface area (Å²) in [4.78, 5) is 12.7. The second-order valence-electron chi connectivity index (χ2n) is 15.9. The van der Waals surface area contributed by atoms with Crippen LogP contribution in [0.15, 0.2) is 204 Å². The van der Waals surface area contributed by atoms with E-state index in [1.54, 1.807) is 0 Å². The lowest BCUT2D eigenvalue weighted by Gasteiger charge is -2.26. The maximum absolute atomic E-state index is 10.4. The molecule has 6 heteroatoms. The number of amidine groups is 1. The van der Waals surface area contributed by atoms with Gasteiger partial charge in [0.25, 0.3) is 0 Å². The highest BCUT2D eigenvalue weighted by molar-refractivity contribution is 6.14. The molecule has 8 aromatic rings. The fourth-order valence-electron chi connectivity index (χ4n) is 8.70. The van der Waals surface area contributed by atoms with E-state index in [4.69, 9.17) is 15.7 Å². The predicted molar refractivity (Wildman–Crippen MR) is 257 cm³/mol. The predicted octanol–water partition coefficient (Wildman–Crippen LogP) is 13.5. The molecule has 2 atom stereocenters. The Hall–Kier alpha value is -8.01. The van der Waals surface area contributed by atoms with Gasteiger partial charge in [0.1, 0.15) is 6.17 Å². The first-order valence-corrected chi connectivity index (χ1v) is 21.2. The number of hydrogen-bond donors (Lipinski definition) is 2. The van der Waals surface area contributed by atoms with E-state index in [0.717, 1.165) is 102 Å². The molecule has 62 heavy (non-hydrogen) atoms. The largest absolute Gasteiger partial charge is 0.399 e. The summed E-state index contributed by atoms with van der Waals surface area (Å²) >= 11 is 0. The maximum Gasteiger partial charge on any atom is 0.155 e. The third-order valence-corrected chi connectivity index (χ3v) is 12.0. The SMILES string of the molecule is CCC1Nc2ccccc2N1c1ccc(-c2cccc(-c3ccc(-c4ccc(C5CC(c6ccccc6)=NC(c6cccc(-c7ccc(N)cc7)c6)=N5)cc4)cc3)c2)c(C#N)c1. The van der Waals surface area contributed by atoms with Crippen molar-refractivity contribution in [1.82, 2.24) is 0 Å². The van der Waals surface area contributed by atoms with Crippen LogP contribution in [-0.4, -0.2) is 17.7 Å². The molecule has 2 heterocycles. The van der Waals surface area contributed by atoms with Crippen LogP contribution in [0, 0.1) is 11.3 Å². The summed E-state index contributed by atoms with van der Waals surface area (Å²) in [5, 5.41) is 14.0. The molecule has 0 aliphatic carbocycles. The summed E-state index contributed by atoms with van der Waals surface area (Å²) in [6.45, 7) is 2.18. The first-order chi connectivity index (χ1) is 30.5. The summed E-state index contributed by atoms with van der Waals surface area (Å²) < 4.78 is 0. The van der Waals surface area contributed by atoms with Gasteiger partial charge in [-0.3, -0.25) is 4.99 Å². The molecule has 298 valence electrons. The second-order valence-corrected chi connectivity index (χ2v) is 15.9. The topological polar surface area (TPSA) is 89.8 Å². The molecule has 2 aliphatic heterocycles. The molecule has 10 rings (SSSR count). The Morgan fingerprint density at radius 1 is 0.597 bits per heavy atom. The average Bonchev–Trinajstić information content (AvgIpc) is 3.73. The van der Waals surface area contributed by atoms with Gasteiger partial charge in [0, 0.05) is 23.4 Å². The smallest absolute Gasteiger partial charge is 0.155 e. The van der Waals surface area contributed by atoms with Gasteiger partial charge in [-0.1, -0.05) is 153 Å². The zero-order chi connectivity index (χ0) is 42.0. The molecule has 8 aromatic carbocycles. The first-order valence-electron chi connectivity index (χ1n) is 21.2. The van der Waals surface area contributed by atoms with Crippen molar-refractivity contribution in [2.45, 2.75) is 32.0 Å². The number of rotatable bonds is 9. The molecule has 2 unspecified atom stereocenters. The van der Waals surface area contributed by atoms with Crippen molar-refractivity contribution in [2.24, 2.45) is 9.98 Å². The van der Waals surface area contributed by atoms with Crippen LogP contribution in [0.2, 0.25) is 0 Å². The van der Waals surface area contributed by atoms with Gasteiger partial charge in [0.05, 0.1) is 34.8 Å². The number of nitriles is 1. The van der Waals surface area contributed by atoms with Crippen LogP contribution >= 0.6 is 0 Å². The van der Waals surface area contributed by atoms with E-state index < -0.39 is 0 Å². The van der Waals surface area contributed by atoms with Crippen molar-refractivity contribution < 1.29 is 0 Å². The van der Waals surface area contributed by atoms with E-state index in [9.17, 15) is 5.26 Å². The summed E-state index contributed by atoms with van der Waals surface area (Å²) in [6, 6.07) is 69.8.